The van der Waals surface area contributed by atoms with Crippen molar-refractivity contribution in [1.82, 2.24) is 4.90 Å². The Labute approximate surface area is 121 Å². The van der Waals surface area contributed by atoms with E-state index < -0.39 is 0 Å². The fraction of sp³-hybridized carbons (Fsp3) is 0.462. The molecule has 1 heterocycles. The highest BCUT2D eigenvalue weighted by molar-refractivity contribution is 9.10. The summed E-state index contributed by atoms with van der Waals surface area (Å²) in [6.07, 6.45) is 1.17. The van der Waals surface area contributed by atoms with Crippen LogP contribution in [0, 0.1) is 0 Å². The van der Waals surface area contributed by atoms with Crippen LogP contribution in [0.15, 0.2) is 27.8 Å². The van der Waals surface area contributed by atoms with Gasteiger partial charge in [0.15, 0.2) is 5.84 Å². The molecule has 1 aliphatic rings. The first-order valence-electron chi connectivity index (χ1n) is 6.21. The third kappa shape index (κ3) is 3.01. The van der Waals surface area contributed by atoms with Crippen molar-refractivity contribution >= 4 is 27.5 Å². The normalized spacial score (nSPS) is 20.3. The van der Waals surface area contributed by atoms with Crippen LogP contribution in [0.5, 0.6) is 0 Å². The van der Waals surface area contributed by atoms with E-state index in [1.165, 1.54) is 6.42 Å². The van der Waals surface area contributed by atoms with Crippen LogP contribution in [0.3, 0.4) is 0 Å². The number of oxime groups is 1. The zero-order valence-electron chi connectivity index (χ0n) is 11.2. The summed E-state index contributed by atoms with van der Waals surface area (Å²) in [5.74, 6) is 0.117. The molecule has 0 radical (unpaired) electrons. The van der Waals surface area contributed by atoms with Gasteiger partial charge in [-0.3, -0.25) is 0 Å². The summed E-state index contributed by atoms with van der Waals surface area (Å²) in [6.45, 7) is 2.08. The molecule has 19 heavy (non-hydrogen) atoms. The number of halogens is 1. The van der Waals surface area contributed by atoms with E-state index in [0.29, 0.717) is 11.6 Å². The molecule has 1 aromatic carbocycles. The van der Waals surface area contributed by atoms with Crippen molar-refractivity contribution in [3.8, 4) is 0 Å². The number of hydrogen-bond donors (Lipinski definition) is 2. The van der Waals surface area contributed by atoms with Gasteiger partial charge in [0, 0.05) is 34.9 Å². The molecule has 2 rings (SSSR count). The highest BCUT2D eigenvalue weighted by Crippen LogP contribution is 2.27. The molecule has 1 saturated heterocycles. The van der Waals surface area contributed by atoms with Crippen LogP contribution in [0.2, 0.25) is 0 Å². The van der Waals surface area contributed by atoms with Gasteiger partial charge in [-0.25, -0.2) is 0 Å². The molecule has 1 fully saturated rings. The third-order valence-electron chi connectivity index (χ3n) is 3.60. The van der Waals surface area contributed by atoms with Crippen LogP contribution in [0.1, 0.15) is 12.0 Å². The van der Waals surface area contributed by atoms with E-state index in [1.54, 1.807) is 0 Å². The molecule has 0 aromatic heterocycles. The molecular weight excluding hydrogens is 308 g/mol. The maximum absolute atomic E-state index is 8.72. The van der Waals surface area contributed by atoms with Gasteiger partial charge in [0.05, 0.1) is 0 Å². The number of amidine groups is 1. The topological polar surface area (TPSA) is 65.1 Å². The first-order valence-corrected chi connectivity index (χ1v) is 7.01. The summed E-state index contributed by atoms with van der Waals surface area (Å²) in [7, 11) is 4.23. The predicted molar refractivity (Wildman–Crippen MR) is 81.0 cm³/mol. The van der Waals surface area contributed by atoms with Crippen LogP contribution in [0.4, 0.5) is 5.69 Å². The van der Waals surface area contributed by atoms with Crippen LogP contribution < -0.4 is 10.6 Å². The Hall–Kier alpha value is -1.27. The van der Waals surface area contributed by atoms with Gasteiger partial charge in [0.25, 0.3) is 0 Å². The van der Waals surface area contributed by atoms with E-state index in [9.17, 15) is 0 Å². The largest absolute Gasteiger partial charge is 0.409 e. The minimum Gasteiger partial charge on any atom is -0.409 e. The molecule has 0 aliphatic carbocycles. The molecule has 0 bridgehead atoms. The van der Waals surface area contributed by atoms with E-state index in [0.717, 1.165) is 23.2 Å². The quantitative estimate of drug-likeness (QED) is 0.384. The molecule has 1 aliphatic heterocycles. The second kappa shape index (κ2) is 5.79. The molecule has 1 aromatic rings. The maximum Gasteiger partial charge on any atom is 0.171 e. The lowest BCUT2D eigenvalue weighted by atomic mass is 10.2. The number of likely N-dealkylation sites (N-methyl/N-ethyl adjacent to an activating group) is 1. The van der Waals surface area contributed by atoms with Crippen molar-refractivity contribution in [3.05, 3.63) is 28.2 Å². The van der Waals surface area contributed by atoms with Gasteiger partial charge in [-0.2, -0.15) is 0 Å². The van der Waals surface area contributed by atoms with Crippen LogP contribution in [0.25, 0.3) is 0 Å². The lowest BCUT2D eigenvalue weighted by Crippen LogP contribution is -2.31. The fourth-order valence-electron chi connectivity index (χ4n) is 2.36. The molecule has 0 saturated carbocycles. The smallest absolute Gasteiger partial charge is 0.171 e. The van der Waals surface area contributed by atoms with E-state index in [4.69, 9.17) is 10.9 Å². The molecule has 1 unspecified atom stereocenters. The van der Waals surface area contributed by atoms with Gasteiger partial charge in [0.2, 0.25) is 0 Å². The van der Waals surface area contributed by atoms with E-state index in [-0.39, 0.29) is 5.84 Å². The van der Waals surface area contributed by atoms with Crippen molar-refractivity contribution < 1.29 is 5.21 Å². The Balaban J connectivity index is 2.17. The Kier molecular flexibility index (Phi) is 4.31. The van der Waals surface area contributed by atoms with Gasteiger partial charge in [-0.15, -0.1) is 0 Å². The van der Waals surface area contributed by atoms with Crippen molar-refractivity contribution in [2.75, 3.05) is 32.1 Å². The Morgan fingerprint density at radius 2 is 2.26 bits per heavy atom. The SMILES string of the molecule is CN(C)C1CCN(c2ccc(/C(N)=N/O)c(Br)c2)C1. The molecule has 1 atom stereocenters. The Morgan fingerprint density at radius 3 is 2.79 bits per heavy atom. The fourth-order valence-corrected chi connectivity index (χ4v) is 2.93. The first-order chi connectivity index (χ1) is 9.02. The number of rotatable bonds is 3. The monoisotopic (exact) mass is 326 g/mol. The summed E-state index contributed by atoms with van der Waals surface area (Å²) < 4.78 is 0.841. The zero-order valence-corrected chi connectivity index (χ0v) is 12.8. The van der Waals surface area contributed by atoms with E-state index in [1.807, 2.05) is 18.2 Å². The molecule has 0 spiro atoms. The molecule has 0 amide bonds. The minimum absolute atomic E-state index is 0.117. The second-order valence-electron chi connectivity index (χ2n) is 5.00. The average molecular weight is 327 g/mol. The van der Waals surface area contributed by atoms with Gasteiger partial charge in [-0.1, -0.05) is 5.16 Å². The van der Waals surface area contributed by atoms with Crippen molar-refractivity contribution in [2.24, 2.45) is 10.9 Å². The molecule has 5 nitrogen and oxygen atoms in total. The van der Waals surface area contributed by atoms with Gasteiger partial charge in [0.1, 0.15) is 0 Å². The molecular formula is C13H19BrN4O. The molecule has 104 valence electrons. The summed E-state index contributed by atoms with van der Waals surface area (Å²) >= 11 is 3.47. The highest BCUT2D eigenvalue weighted by Gasteiger charge is 2.24. The zero-order chi connectivity index (χ0) is 14.0. The van der Waals surface area contributed by atoms with Gasteiger partial charge < -0.3 is 20.7 Å². The first kappa shape index (κ1) is 14.1. The molecule has 6 heteroatoms. The summed E-state index contributed by atoms with van der Waals surface area (Å²) in [5.41, 5.74) is 7.47. The summed E-state index contributed by atoms with van der Waals surface area (Å²) in [4.78, 5) is 4.62. The number of anilines is 1. The van der Waals surface area contributed by atoms with Crippen LogP contribution in [-0.4, -0.2) is 49.2 Å². The predicted octanol–water partition coefficient (Wildman–Crippen LogP) is 1.68. The van der Waals surface area contributed by atoms with E-state index >= 15 is 0 Å². The van der Waals surface area contributed by atoms with Crippen molar-refractivity contribution in [1.29, 1.82) is 0 Å². The average Bonchev–Trinajstić information content (AvgIpc) is 2.87. The van der Waals surface area contributed by atoms with E-state index in [2.05, 4.69) is 45.0 Å². The number of hydrogen-bond acceptors (Lipinski definition) is 4. The second-order valence-corrected chi connectivity index (χ2v) is 5.86. The lowest BCUT2D eigenvalue weighted by Gasteiger charge is -2.22. The minimum atomic E-state index is 0.117. The lowest BCUT2D eigenvalue weighted by molar-refractivity contribution is 0.315. The number of nitrogens with zero attached hydrogens (tertiary/aromatic N) is 3. The Morgan fingerprint density at radius 1 is 1.53 bits per heavy atom. The standard InChI is InChI=1S/C13H19BrN4O/c1-17(2)10-5-6-18(8-10)9-3-4-11(12(14)7-9)13(15)16-19/h3-4,7,10,19H,5-6,8H2,1-2H3,(H2,15,16). The Bertz CT molecular complexity index is 490. The van der Waals surface area contributed by atoms with Gasteiger partial charge in [-0.05, 0) is 54.6 Å². The molecule has 3 N–H and O–H groups in total. The number of nitrogens with two attached hydrogens (primary N) is 1. The van der Waals surface area contributed by atoms with Crippen molar-refractivity contribution in [3.63, 3.8) is 0 Å². The number of benzene rings is 1. The van der Waals surface area contributed by atoms with Crippen LogP contribution in [-0.2, 0) is 0 Å². The van der Waals surface area contributed by atoms with Crippen molar-refractivity contribution in [2.45, 2.75) is 12.5 Å². The third-order valence-corrected chi connectivity index (χ3v) is 4.25. The highest BCUT2D eigenvalue weighted by atomic mass is 79.9. The summed E-state index contributed by atoms with van der Waals surface area (Å²) in [6, 6.07) is 6.50. The van der Waals surface area contributed by atoms with Gasteiger partial charge >= 0.3 is 0 Å². The summed E-state index contributed by atoms with van der Waals surface area (Å²) in [5, 5.41) is 11.7. The maximum atomic E-state index is 8.72. The van der Waals surface area contributed by atoms with Crippen LogP contribution >= 0.6 is 15.9 Å².